The molecule has 0 amide bonds. The monoisotopic (exact) mass is 484 g/mol. The molecule has 3 aromatic rings. The van der Waals surface area contributed by atoms with Gasteiger partial charge in [0.15, 0.2) is 0 Å². The van der Waals surface area contributed by atoms with Gasteiger partial charge in [0.2, 0.25) is 6.43 Å². The van der Waals surface area contributed by atoms with E-state index in [1.807, 2.05) is 13.2 Å². The summed E-state index contributed by atoms with van der Waals surface area (Å²) in [4.78, 5) is 0. The smallest absolute Gasteiger partial charge is 0.423 e. The Balaban J connectivity index is 0.000000184. The first kappa shape index (κ1) is 22.6. The number of rotatable bonds is 4. The van der Waals surface area contributed by atoms with Crippen molar-refractivity contribution in [1.29, 1.82) is 0 Å². The van der Waals surface area contributed by atoms with E-state index in [2.05, 4.69) is 26.1 Å². The van der Waals surface area contributed by atoms with Gasteiger partial charge in [-0.25, -0.2) is 13.2 Å². The Bertz CT molecular complexity index is 1030. The van der Waals surface area contributed by atoms with Crippen molar-refractivity contribution in [3.8, 4) is 0 Å². The molecule has 1 aromatic carbocycles. The van der Waals surface area contributed by atoms with Crippen LogP contribution in [-0.4, -0.2) is 38.1 Å². The normalized spacial score (nSPS) is 15.4. The van der Waals surface area contributed by atoms with Crippen LogP contribution in [0.3, 0.4) is 0 Å². The van der Waals surface area contributed by atoms with Gasteiger partial charge in [-0.05, 0) is 52.1 Å². The molecule has 4 rings (SSSR count). The highest BCUT2D eigenvalue weighted by atomic mass is 79.9. The average Bonchev–Trinajstić information content (AvgIpc) is 3.24. The third-order valence-corrected chi connectivity index (χ3v) is 5.37. The van der Waals surface area contributed by atoms with Gasteiger partial charge in [-0.1, -0.05) is 6.07 Å². The highest BCUT2D eigenvalue weighted by molar-refractivity contribution is 9.10. The van der Waals surface area contributed by atoms with Crippen LogP contribution in [0.25, 0.3) is 0 Å². The first-order chi connectivity index (χ1) is 14.1. The van der Waals surface area contributed by atoms with Gasteiger partial charge in [-0.15, -0.1) is 0 Å². The summed E-state index contributed by atoms with van der Waals surface area (Å²) >= 11 is 3.36. The van der Waals surface area contributed by atoms with Gasteiger partial charge in [-0.2, -0.15) is 10.2 Å². The van der Waals surface area contributed by atoms with Gasteiger partial charge < -0.3 is 9.68 Å². The second-order valence-electron chi connectivity index (χ2n) is 7.05. The summed E-state index contributed by atoms with van der Waals surface area (Å²) < 4.78 is 46.5. The minimum atomic E-state index is -2.36. The molecule has 0 unspecified atom stereocenters. The molecule has 6 nitrogen and oxygen atoms in total. The topological polar surface area (TPSA) is 65.1 Å². The summed E-state index contributed by atoms with van der Waals surface area (Å²) in [6, 6.07) is 5.99. The first-order valence-corrected chi connectivity index (χ1v) is 10.0. The van der Waals surface area contributed by atoms with Crippen LogP contribution < -0.4 is 5.46 Å². The van der Waals surface area contributed by atoms with E-state index in [0.717, 1.165) is 21.4 Å². The number of aromatic nitrogens is 4. The minimum Gasteiger partial charge on any atom is -0.423 e. The van der Waals surface area contributed by atoms with Gasteiger partial charge in [0, 0.05) is 38.0 Å². The fraction of sp³-hybridized carbons (Fsp3) is 0.368. The van der Waals surface area contributed by atoms with Gasteiger partial charge in [-0.3, -0.25) is 9.36 Å². The van der Waals surface area contributed by atoms with Crippen molar-refractivity contribution < 1.29 is 22.8 Å². The van der Waals surface area contributed by atoms with Crippen LogP contribution in [0.15, 0.2) is 35.1 Å². The van der Waals surface area contributed by atoms with Crippen molar-refractivity contribution >= 4 is 28.5 Å². The van der Waals surface area contributed by atoms with Gasteiger partial charge in [0.1, 0.15) is 10.4 Å². The van der Waals surface area contributed by atoms with Crippen LogP contribution in [0, 0.1) is 5.82 Å². The van der Waals surface area contributed by atoms with E-state index in [4.69, 9.17) is 4.65 Å². The van der Waals surface area contributed by atoms with Crippen LogP contribution in [0.1, 0.15) is 35.5 Å². The second kappa shape index (κ2) is 9.36. The molecule has 30 heavy (non-hydrogen) atoms. The Labute approximate surface area is 180 Å². The Morgan fingerprint density at radius 3 is 2.63 bits per heavy atom. The fourth-order valence-electron chi connectivity index (χ4n) is 3.28. The zero-order valence-electron chi connectivity index (χ0n) is 16.7. The zero-order chi connectivity index (χ0) is 22.0. The molecule has 0 aliphatic carbocycles. The lowest BCUT2D eigenvalue weighted by Crippen LogP contribution is -2.27. The third-order valence-electron chi connectivity index (χ3n) is 4.70. The molecular formula is C19H21BBrF3N4O2. The van der Waals surface area contributed by atoms with E-state index >= 15 is 0 Å². The van der Waals surface area contributed by atoms with E-state index < -0.39 is 13.5 Å². The highest BCUT2D eigenvalue weighted by Gasteiger charge is 2.32. The molecule has 3 heterocycles. The lowest BCUT2D eigenvalue weighted by Gasteiger charge is -2.02. The lowest BCUT2D eigenvalue weighted by atomic mass is 9.79. The largest absolute Gasteiger partial charge is 0.491 e. The predicted octanol–water partition coefficient (Wildman–Crippen LogP) is 2.92. The van der Waals surface area contributed by atoms with Gasteiger partial charge in [0.25, 0.3) is 0 Å². The van der Waals surface area contributed by atoms with Crippen LogP contribution in [-0.2, 0) is 31.6 Å². The van der Waals surface area contributed by atoms with E-state index in [0.29, 0.717) is 17.6 Å². The van der Waals surface area contributed by atoms with Crippen LogP contribution in [0.4, 0.5) is 13.2 Å². The van der Waals surface area contributed by atoms with Crippen LogP contribution in [0.2, 0.25) is 0 Å². The molecule has 0 bridgehead atoms. The zero-order valence-corrected chi connectivity index (χ0v) is 18.3. The molecule has 0 saturated carbocycles. The predicted molar refractivity (Wildman–Crippen MR) is 110 cm³/mol. The Kier molecular flexibility index (Phi) is 7.04. The second-order valence-corrected chi connectivity index (χ2v) is 7.80. The van der Waals surface area contributed by atoms with Crippen LogP contribution in [0.5, 0.6) is 0 Å². The third kappa shape index (κ3) is 5.33. The summed E-state index contributed by atoms with van der Waals surface area (Å²) in [7, 11) is 2.70. The Morgan fingerprint density at radius 2 is 2.00 bits per heavy atom. The molecule has 1 aliphatic heterocycles. The highest BCUT2D eigenvalue weighted by Crippen LogP contribution is 2.23. The Hall–Kier alpha value is -2.11. The number of alkyl halides is 2. The Morgan fingerprint density at radius 1 is 1.27 bits per heavy atom. The van der Waals surface area contributed by atoms with E-state index in [-0.39, 0.29) is 18.3 Å². The molecule has 0 fully saturated rings. The maximum Gasteiger partial charge on any atom is 0.491 e. The maximum atomic E-state index is 12.7. The van der Waals surface area contributed by atoms with Crippen molar-refractivity contribution in [2.45, 2.75) is 32.3 Å². The lowest BCUT2D eigenvalue weighted by molar-refractivity contribution is 0.147. The molecule has 0 radical (unpaired) electrons. The van der Waals surface area contributed by atoms with Gasteiger partial charge >= 0.3 is 7.12 Å². The average molecular weight is 485 g/mol. The van der Waals surface area contributed by atoms with Crippen LogP contribution >= 0.6 is 15.9 Å². The summed E-state index contributed by atoms with van der Waals surface area (Å²) in [5, 5.41) is 17.6. The number of hydrogen-bond donors (Lipinski definition) is 1. The molecule has 11 heteroatoms. The summed E-state index contributed by atoms with van der Waals surface area (Å²) in [5.74, 6) is -0.293. The van der Waals surface area contributed by atoms with Crippen molar-refractivity contribution in [3.05, 3.63) is 63.4 Å². The summed E-state index contributed by atoms with van der Waals surface area (Å²) in [6.07, 6.45) is -0.379. The number of fused-ring (bicyclic) bond motifs is 1. The van der Waals surface area contributed by atoms with Crippen molar-refractivity contribution in [1.82, 2.24) is 19.6 Å². The number of nitrogens with zero attached hydrogens (tertiary/aromatic N) is 4. The van der Waals surface area contributed by atoms with Crippen molar-refractivity contribution in [3.63, 3.8) is 0 Å². The summed E-state index contributed by atoms with van der Waals surface area (Å²) in [5.41, 5.74) is 3.72. The minimum absolute atomic E-state index is 0.217. The number of hydrogen-bond acceptors (Lipinski definition) is 4. The van der Waals surface area contributed by atoms with Gasteiger partial charge in [0.05, 0.1) is 18.2 Å². The quantitative estimate of drug-likeness (QED) is 0.578. The molecule has 1 N–H and O–H groups in total. The van der Waals surface area contributed by atoms with Crippen molar-refractivity contribution in [2.75, 3.05) is 0 Å². The van der Waals surface area contributed by atoms with E-state index in [9.17, 15) is 18.2 Å². The molecule has 160 valence electrons. The summed E-state index contributed by atoms with van der Waals surface area (Å²) in [6.45, 7) is 1.79. The number of benzene rings is 1. The van der Waals surface area contributed by atoms with Crippen molar-refractivity contribution in [2.24, 2.45) is 14.1 Å². The standard InChI is InChI=1S/C11H13BrF2N4.C8H8BFO2/c1-17-6-7(11(12)16-17)3-9-4-8(5-10(13)14)15-18(9)2;1-5-7-4-6(10)2-3-8(7)9(11)12-5/h4,6,10H,3,5H2,1-2H3;2-5,11H,1H3/t;5-/m.1/s1. The first-order valence-electron chi connectivity index (χ1n) is 9.25. The molecule has 1 atom stereocenters. The molecule has 0 saturated heterocycles. The molecule has 2 aromatic heterocycles. The fourth-order valence-corrected chi connectivity index (χ4v) is 3.77. The molecule has 1 aliphatic rings. The van der Waals surface area contributed by atoms with E-state index in [1.165, 1.54) is 12.1 Å². The maximum absolute atomic E-state index is 12.7. The number of aryl methyl sites for hydroxylation is 2. The number of halogens is 4. The SMILES string of the molecule is C[C@H]1OB(O)c2ccc(F)cc21.Cn1cc(Cc2cc(CC(F)F)nn2C)c(Br)n1. The van der Waals surface area contributed by atoms with E-state index in [1.54, 1.807) is 35.5 Å². The molecule has 0 spiro atoms. The molecular weight excluding hydrogens is 464 g/mol.